The number of para-hydroxylation sites is 2. The molecule has 6 aromatic rings. The number of nitrogen functional groups attached to an aromatic ring is 1. The number of hydrogen-bond donors (Lipinski definition) is 1. The number of nitrogens with zero attached hydrogens (tertiary/aromatic N) is 3. The zero-order valence-electron chi connectivity index (χ0n) is 32.8. The Balaban J connectivity index is 0.000000181. The number of Topliss-reactive ketones (excluding diaryl/α,β-unsaturated/α-hetero) is 2. The van der Waals surface area contributed by atoms with Crippen LogP contribution in [0.5, 0.6) is 0 Å². The van der Waals surface area contributed by atoms with Gasteiger partial charge in [0.05, 0.1) is 26.1 Å². The third-order valence-electron chi connectivity index (χ3n) is 11.6. The van der Waals surface area contributed by atoms with E-state index in [9.17, 15) is 29.3 Å². The Hall–Kier alpha value is -6.24. The Morgan fingerprint density at radius 1 is 0.639 bits per heavy atom. The lowest BCUT2D eigenvalue weighted by molar-refractivity contribution is -0.384. The molecular weight excluding hydrogens is 805 g/mol. The normalized spacial score (nSPS) is 15.0. The molecular formula is C49H48N4O6S2. The van der Waals surface area contributed by atoms with Crippen molar-refractivity contribution in [1.82, 2.24) is 0 Å². The van der Waals surface area contributed by atoms with Gasteiger partial charge in [0.25, 0.3) is 17.5 Å². The number of amides is 2. The fraction of sp³-hybridized carbons (Fsp3) is 0.265. The van der Waals surface area contributed by atoms with Gasteiger partial charge in [0.1, 0.15) is 0 Å². The molecule has 2 amide bonds. The molecule has 312 valence electrons. The first-order chi connectivity index (χ1) is 29.1. The molecule has 4 aromatic carbocycles. The van der Waals surface area contributed by atoms with Crippen LogP contribution in [0.2, 0.25) is 0 Å². The Morgan fingerprint density at radius 3 is 1.46 bits per heavy atom. The minimum atomic E-state index is -0.477. The summed E-state index contributed by atoms with van der Waals surface area (Å²) < 4.78 is 0. The van der Waals surface area contributed by atoms with Crippen LogP contribution in [0.3, 0.4) is 0 Å². The molecule has 2 aliphatic heterocycles. The summed E-state index contributed by atoms with van der Waals surface area (Å²) >= 11 is 3.10. The van der Waals surface area contributed by atoms with Gasteiger partial charge in [-0.25, -0.2) is 0 Å². The highest BCUT2D eigenvalue weighted by Gasteiger charge is 2.32. The van der Waals surface area contributed by atoms with Crippen LogP contribution in [0, 0.1) is 22.0 Å². The molecule has 2 aromatic heterocycles. The number of hydrogen-bond acceptors (Lipinski definition) is 9. The van der Waals surface area contributed by atoms with Crippen molar-refractivity contribution in [3.05, 3.63) is 151 Å². The summed E-state index contributed by atoms with van der Waals surface area (Å²) in [6.07, 6.45) is 7.35. The highest BCUT2D eigenvalue weighted by Crippen LogP contribution is 2.45. The maximum Gasteiger partial charge on any atom is 0.269 e. The predicted molar refractivity (Wildman–Crippen MR) is 246 cm³/mol. The van der Waals surface area contributed by atoms with Crippen molar-refractivity contribution in [2.45, 2.75) is 58.8 Å². The van der Waals surface area contributed by atoms with E-state index in [0.29, 0.717) is 61.0 Å². The van der Waals surface area contributed by atoms with Gasteiger partial charge >= 0.3 is 0 Å². The maximum atomic E-state index is 13.3. The van der Waals surface area contributed by atoms with Crippen molar-refractivity contribution in [3.8, 4) is 20.9 Å². The number of anilines is 3. The lowest BCUT2D eigenvalue weighted by Crippen LogP contribution is -2.32. The van der Waals surface area contributed by atoms with Crippen molar-refractivity contribution in [2.75, 3.05) is 28.6 Å². The van der Waals surface area contributed by atoms with Gasteiger partial charge in [-0.2, -0.15) is 0 Å². The van der Waals surface area contributed by atoms with Crippen molar-refractivity contribution in [2.24, 2.45) is 11.8 Å². The zero-order chi connectivity index (χ0) is 41.5. The molecule has 10 nitrogen and oxygen atoms in total. The van der Waals surface area contributed by atoms with Crippen LogP contribution in [0.4, 0.5) is 22.7 Å². The number of nitro groups is 1. The number of rotatable bonds is 9. The minimum absolute atomic E-state index is 0. The molecule has 10 rings (SSSR count). The standard InChI is InChI=1S/C24H20N2O4S.C24H22N2O2S.CH4.H2/c27-21(13-15-5-6-15)22-14-17-11-12-25(20-4-2-1-3-19(20)23(17)31-22)24(28)16-7-9-18(10-8-16)26(29)30;25-18-9-7-16(8-10-18)24(28)26-12-11-17-14-22(21(27)13-15-5-6-15)29-23(17)19-3-1-2-4-20(19)26;;/h1-4,7-10,14-15H,5-6,11-13H2;1-4,7-10,14-15H,5-6,11-13,25H2;1H4;1H/i;;;1+1. The van der Waals surface area contributed by atoms with E-state index in [4.69, 9.17) is 5.73 Å². The van der Waals surface area contributed by atoms with Crippen molar-refractivity contribution in [3.63, 3.8) is 0 Å². The molecule has 2 fully saturated rings. The van der Waals surface area contributed by atoms with Crippen molar-refractivity contribution >= 4 is 68.8 Å². The van der Waals surface area contributed by atoms with Gasteiger partial charge in [0, 0.05) is 77.2 Å². The Kier molecular flexibility index (Phi) is 11.8. The van der Waals surface area contributed by atoms with E-state index in [0.717, 1.165) is 72.4 Å². The summed E-state index contributed by atoms with van der Waals surface area (Å²) in [5, 5.41) is 10.9. The average molecular weight is 854 g/mol. The summed E-state index contributed by atoms with van der Waals surface area (Å²) in [6.45, 7) is 1.06. The van der Waals surface area contributed by atoms with Crippen LogP contribution in [0.25, 0.3) is 20.9 Å². The second-order valence-corrected chi connectivity index (χ2v) is 18.0. The Bertz CT molecular complexity index is 2670. The molecule has 0 unspecified atom stereocenters. The van der Waals surface area contributed by atoms with Gasteiger partial charge < -0.3 is 15.5 Å². The molecule has 0 bridgehead atoms. The minimum Gasteiger partial charge on any atom is -0.399 e. The largest absolute Gasteiger partial charge is 0.399 e. The number of carbonyl (C=O) groups excluding carboxylic acids is 4. The monoisotopic (exact) mass is 853 g/mol. The molecule has 2 N–H and O–H groups in total. The van der Waals surface area contributed by atoms with E-state index in [1.54, 1.807) is 40.5 Å². The summed E-state index contributed by atoms with van der Waals surface area (Å²) in [7, 11) is 0. The fourth-order valence-electron chi connectivity index (χ4n) is 7.92. The van der Waals surface area contributed by atoms with Crippen LogP contribution in [-0.2, 0) is 12.8 Å². The van der Waals surface area contributed by atoms with E-state index in [2.05, 4.69) is 6.07 Å². The number of nitro benzene ring substituents is 1. The molecule has 12 heteroatoms. The number of non-ortho nitro benzene ring substituents is 1. The van der Waals surface area contributed by atoms with Crippen molar-refractivity contribution < 1.29 is 25.5 Å². The van der Waals surface area contributed by atoms with Gasteiger partial charge in [-0.1, -0.05) is 43.8 Å². The molecule has 4 heterocycles. The average Bonchev–Trinajstić information content (AvgIpc) is 4.20. The molecule has 0 spiro atoms. The third kappa shape index (κ3) is 8.82. The summed E-state index contributed by atoms with van der Waals surface area (Å²) in [6, 6.07) is 32.5. The SMILES string of the molecule is C.Nc1ccc(C(=O)N2CCc3cc(C(=O)CC4CC4)sc3-c3ccccc32)cc1.O=C(CC1CC1)c1cc2c(s1)-c1ccccc1N(C(=O)c1ccc([N+](=O)[O-])cc1)CC2.[2HH]. The van der Waals surface area contributed by atoms with Gasteiger partial charge in [0.2, 0.25) is 0 Å². The first kappa shape index (κ1) is 41.5. The number of carbonyl (C=O) groups is 4. The summed E-state index contributed by atoms with van der Waals surface area (Å²) in [5.74, 6) is 1.40. The molecule has 0 saturated heterocycles. The quantitative estimate of drug-likeness (QED) is 0.0660. The first-order valence-electron chi connectivity index (χ1n) is 20.4. The fourth-order valence-corrected chi connectivity index (χ4v) is 10.3. The van der Waals surface area contributed by atoms with Crippen LogP contribution < -0.4 is 15.5 Å². The number of fused-ring (bicyclic) bond motifs is 6. The molecule has 0 atom stereocenters. The highest BCUT2D eigenvalue weighted by molar-refractivity contribution is 7.18. The molecule has 61 heavy (non-hydrogen) atoms. The lowest BCUT2D eigenvalue weighted by atomic mass is 10.1. The zero-order valence-corrected chi connectivity index (χ0v) is 34.4. The Labute approximate surface area is 364 Å². The van der Waals surface area contributed by atoms with Gasteiger partial charge in [-0.15, -0.1) is 22.7 Å². The van der Waals surface area contributed by atoms with Gasteiger partial charge in [-0.3, -0.25) is 29.3 Å². The van der Waals surface area contributed by atoms with E-state index < -0.39 is 4.92 Å². The van der Waals surface area contributed by atoms with Gasteiger partial charge in [-0.05, 0) is 122 Å². The number of benzene rings is 4. The van der Waals surface area contributed by atoms with E-state index in [1.165, 1.54) is 48.4 Å². The second kappa shape index (κ2) is 17.4. The highest BCUT2D eigenvalue weighted by atomic mass is 32.1. The van der Waals surface area contributed by atoms with E-state index >= 15 is 0 Å². The van der Waals surface area contributed by atoms with Crippen LogP contribution in [-0.4, -0.2) is 41.4 Å². The number of thiophene rings is 2. The van der Waals surface area contributed by atoms with Crippen LogP contribution in [0.1, 0.15) is 98.6 Å². The summed E-state index contributed by atoms with van der Waals surface area (Å²) in [5.41, 5.74) is 13.3. The lowest BCUT2D eigenvalue weighted by Gasteiger charge is -2.23. The summed E-state index contributed by atoms with van der Waals surface area (Å²) in [4.78, 5) is 69.6. The first-order valence-corrected chi connectivity index (χ1v) is 22.0. The van der Waals surface area contributed by atoms with Crippen LogP contribution >= 0.6 is 22.7 Å². The molecule has 2 saturated carbocycles. The number of ketones is 2. The second-order valence-electron chi connectivity index (χ2n) is 15.9. The molecule has 2 aliphatic carbocycles. The maximum absolute atomic E-state index is 13.3. The van der Waals surface area contributed by atoms with E-state index in [-0.39, 0.29) is 37.9 Å². The van der Waals surface area contributed by atoms with Gasteiger partial charge in [0.15, 0.2) is 11.6 Å². The number of nitrogens with two attached hydrogens (primary N) is 1. The third-order valence-corrected chi connectivity index (χ3v) is 14.1. The molecule has 4 aliphatic rings. The van der Waals surface area contributed by atoms with Crippen LogP contribution in [0.15, 0.2) is 109 Å². The van der Waals surface area contributed by atoms with E-state index in [1.807, 2.05) is 59.5 Å². The predicted octanol–water partition coefficient (Wildman–Crippen LogP) is 11.6. The topological polar surface area (TPSA) is 144 Å². The smallest absolute Gasteiger partial charge is 0.269 e. The Morgan fingerprint density at radius 2 is 1.05 bits per heavy atom. The molecule has 0 radical (unpaired) electrons. The van der Waals surface area contributed by atoms with Crippen molar-refractivity contribution in [1.29, 1.82) is 0 Å².